The number of nitrogens with two attached hydrogens (primary N) is 1. The minimum atomic E-state index is -2.75. The van der Waals surface area contributed by atoms with Gasteiger partial charge in [0.25, 0.3) is 0 Å². The van der Waals surface area contributed by atoms with E-state index >= 15 is 0 Å². The predicted octanol–water partition coefficient (Wildman–Crippen LogP) is 0.105. The number of nitrogens with one attached hydrogen (secondary N) is 1. The van der Waals surface area contributed by atoms with Crippen molar-refractivity contribution in [3.8, 4) is 23.1 Å². The maximum Gasteiger partial charge on any atom is 0.235 e. The molecule has 11 heteroatoms. The number of primary amides is 1. The fourth-order valence-corrected chi connectivity index (χ4v) is 6.82. The number of fused-ring (bicyclic) bond motifs is 3. The average molecular weight is 545 g/mol. The highest BCUT2D eigenvalue weighted by molar-refractivity contribution is 6.32. The zero-order valence-electron chi connectivity index (χ0n) is 21.9. The second-order valence-electron chi connectivity index (χ2n) is 10.9. The topological polar surface area (TPSA) is 191 Å². The summed E-state index contributed by atoms with van der Waals surface area (Å²) in [7, 11) is 3.08. The summed E-state index contributed by atoms with van der Waals surface area (Å²) in [6.45, 7) is 0.347. The van der Waals surface area contributed by atoms with E-state index in [1.807, 2.05) is 30.5 Å². The van der Waals surface area contributed by atoms with Crippen molar-refractivity contribution < 1.29 is 34.2 Å². The molecule has 2 aromatic carbocycles. The van der Waals surface area contributed by atoms with Crippen molar-refractivity contribution in [3.63, 3.8) is 0 Å². The Morgan fingerprint density at radius 1 is 1.12 bits per heavy atom. The number of carbonyl (C=O) groups is 5. The first kappa shape index (κ1) is 27.2. The van der Waals surface area contributed by atoms with E-state index in [2.05, 4.69) is 5.32 Å². The first-order chi connectivity index (χ1) is 18.9. The molecule has 2 unspecified atom stereocenters. The van der Waals surface area contributed by atoms with E-state index in [9.17, 15) is 34.2 Å². The van der Waals surface area contributed by atoms with Gasteiger partial charge in [-0.25, -0.2) is 0 Å². The molecule has 0 saturated heterocycles. The second kappa shape index (κ2) is 9.66. The Morgan fingerprint density at radius 3 is 2.40 bits per heavy atom. The summed E-state index contributed by atoms with van der Waals surface area (Å²) >= 11 is 0. The van der Waals surface area contributed by atoms with Gasteiger partial charge in [-0.05, 0) is 61.2 Å². The van der Waals surface area contributed by atoms with Gasteiger partial charge in [0.15, 0.2) is 40.8 Å². The molecule has 0 aromatic heterocycles. The minimum absolute atomic E-state index is 0.0161. The number of ketones is 4. The summed E-state index contributed by atoms with van der Waals surface area (Å²) in [4.78, 5) is 67.8. The third-order valence-corrected chi connectivity index (χ3v) is 8.58. The Hall–Kier alpha value is -4.40. The molecule has 0 heterocycles. The number of aliphatic hydroxyl groups is 1. The summed E-state index contributed by atoms with van der Waals surface area (Å²) < 4.78 is 0. The SMILES string of the molecule is CN(C)[C@@H]1C(=O)C(C(N)=O)C(=O)[C@@]2(O)C(=O)C3C(=O)c4c(O)ccc(-c5ccc(CNC#N)cc5)c4C[C@H]3C[C@@H]12. The van der Waals surface area contributed by atoms with Gasteiger partial charge in [-0.3, -0.25) is 28.9 Å². The molecule has 0 bridgehead atoms. The lowest BCUT2D eigenvalue weighted by Crippen LogP contribution is -2.74. The van der Waals surface area contributed by atoms with Crippen LogP contribution >= 0.6 is 0 Å². The smallest absolute Gasteiger partial charge is 0.235 e. The van der Waals surface area contributed by atoms with Gasteiger partial charge in [-0.1, -0.05) is 30.3 Å². The molecule has 1 amide bonds. The zero-order chi connectivity index (χ0) is 29.1. The van der Waals surface area contributed by atoms with Crippen LogP contribution in [0.3, 0.4) is 0 Å². The third kappa shape index (κ3) is 3.83. The zero-order valence-corrected chi connectivity index (χ0v) is 21.9. The number of amides is 1. The van der Waals surface area contributed by atoms with Gasteiger partial charge in [0.2, 0.25) is 5.91 Å². The summed E-state index contributed by atoms with van der Waals surface area (Å²) in [5, 5.41) is 33.7. The first-order valence-electron chi connectivity index (χ1n) is 12.8. The number of Topliss-reactive ketones (excluding diaryl/α,β-unsaturated/α-hetero) is 4. The van der Waals surface area contributed by atoms with Crippen molar-refractivity contribution in [1.29, 1.82) is 5.26 Å². The number of hydrogen-bond acceptors (Lipinski definition) is 10. The number of phenols is 1. The Morgan fingerprint density at radius 2 is 1.80 bits per heavy atom. The van der Waals surface area contributed by atoms with E-state index in [1.165, 1.54) is 11.0 Å². The summed E-state index contributed by atoms with van der Waals surface area (Å²) in [5.74, 6) is -10.8. The number of nitriles is 1. The van der Waals surface area contributed by atoms with Crippen molar-refractivity contribution in [2.24, 2.45) is 29.4 Å². The number of rotatable bonds is 5. The second-order valence-corrected chi connectivity index (χ2v) is 10.9. The van der Waals surface area contributed by atoms with Gasteiger partial charge in [0.05, 0.1) is 17.5 Å². The Balaban J connectivity index is 1.60. The van der Waals surface area contributed by atoms with Crippen LogP contribution in [0.5, 0.6) is 5.75 Å². The Kier molecular flexibility index (Phi) is 6.56. The van der Waals surface area contributed by atoms with Crippen LogP contribution in [0.2, 0.25) is 0 Å². The van der Waals surface area contributed by atoms with Crippen LogP contribution in [0, 0.1) is 35.1 Å². The minimum Gasteiger partial charge on any atom is -0.507 e. The number of phenolic OH excluding ortho intramolecular Hbond substituents is 1. The Labute approximate surface area is 229 Å². The largest absolute Gasteiger partial charge is 0.507 e. The highest BCUT2D eigenvalue weighted by atomic mass is 16.3. The van der Waals surface area contributed by atoms with Crippen molar-refractivity contribution in [2.75, 3.05) is 14.1 Å². The van der Waals surface area contributed by atoms with E-state index in [0.29, 0.717) is 17.7 Å². The molecule has 0 radical (unpaired) electrons. The maximum atomic E-state index is 13.9. The van der Waals surface area contributed by atoms with E-state index in [4.69, 9.17) is 11.0 Å². The average Bonchev–Trinajstić information content (AvgIpc) is 2.89. The van der Waals surface area contributed by atoms with Crippen LogP contribution in [-0.2, 0) is 32.1 Å². The van der Waals surface area contributed by atoms with E-state index in [-0.39, 0.29) is 24.2 Å². The Bertz CT molecular complexity index is 1510. The lowest BCUT2D eigenvalue weighted by atomic mass is 9.52. The van der Waals surface area contributed by atoms with Crippen LogP contribution in [0.4, 0.5) is 0 Å². The highest BCUT2D eigenvalue weighted by Crippen LogP contribution is 2.51. The molecule has 40 heavy (non-hydrogen) atoms. The molecule has 2 saturated carbocycles. The molecule has 3 aliphatic carbocycles. The van der Waals surface area contributed by atoms with Crippen molar-refractivity contribution in [1.82, 2.24) is 10.2 Å². The highest BCUT2D eigenvalue weighted by Gasteiger charge is 2.69. The van der Waals surface area contributed by atoms with Crippen LogP contribution in [-0.4, -0.2) is 69.9 Å². The number of likely N-dealkylation sites (N-methyl/N-ethyl adjacent to an activating group) is 1. The van der Waals surface area contributed by atoms with Gasteiger partial charge in [0, 0.05) is 12.5 Å². The predicted molar refractivity (Wildman–Crippen MR) is 139 cm³/mol. The molecule has 2 fully saturated rings. The van der Waals surface area contributed by atoms with Crippen molar-refractivity contribution in [2.45, 2.75) is 31.0 Å². The van der Waals surface area contributed by atoms with Gasteiger partial charge in [-0.2, -0.15) is 5.26 Å². The van der Waals surface area contributed by atoms with E-state index in [1.54, 1.807) is 20.2 Å². The fourth-order valence-electron chi connectivity index (χ4n) is 6.82. The van der Waals surface area contributed by atoms with Crippen molar-refractivity contribution in [3.05, 3.63) is 53.1 Å². The van der Waals surface area contributed by atoms with Gasteiger partial charge >= 0.3 is 0 Å². The summed E-state index contributed by atoms with van der Waals surface area (Å²) in [6.07, 6.45) is 2.02. The van der Waals surface area contributed by atoms with Gasteiger partial charge in [-0.15, -0.1) is 0 Å². The number of nitrogens with zero attached hydrogens (tertiary/aromatic N) is 2. The van der Waals surface area contributed by atoms with Crippen LogP contribution in [0.15, 0.2) is 36.4 Å². The van der Waals surface area contributed by atoms with Gasteiger partial charge < -0.3 is 21.3 Å². The normalized spacial score (nSPS) is 29.3. The summed E-state index contributed by atoms with van der Waals surface area (Å²) in [5.41, 5.74) is 5.34. The molecule has 0 aliphatic heterocycles. The van der Waals surface area contributed by atoms with Crippen molar-refractivity contribution >= 4 is 29.0 Å². The summed E-state index contributed by atoms with van der Waals surface area (Å²) in [6, 6.07) is 9.19. The monoisotopic (exact) mass is 544 g/mol. The fraction of sp³-hybridized carbons (Fsp3) is 0.379. The molecule has 206 valence electrons. The molecular weight excluding hydrogens is 516 g/mol. The standard InChI is InChI=1S/C29H28N4O7/c1-33(2)23-18-10-15-9-17-16(14-5-3-13(4-6-14)11-32-12-30)7-8-19(34)21(17)24(35)20(15)26(37)29(18,40)27(38)22(25(23)36)28(31)39/h3-8,15,18,20,22-23,32,34,40H,9-11H2,1-2H3,(H2,31,39)/t15-,18-,20?,22?,23-,29-/m0/s1. The molecule has 5 rings (SSSR count). The van der Waals surface area contributed by atoms with Crippen LogP contribution < -0.4 is 11.1 Å². The van der Waals surface area contributed by atoms with Crippen LogP contribution in [0.25, 0.3) is 11.1 Å². The lowest BCUT2D eigenvalue weighted by molar-refractivity contribution is -0.181. The molecular formula is C29H28N4O7. The van der Waals surface area contributed by atoms with Gasteiger partial charge in [0.1, 0.15) is 5.75 Å². The molecule has 6 atom stereocenters. The molecule has 0 spiro atoms. The van der Waals surface area contributed by atoms with E-state index in [0.717, 1.165) is 11.1 Å². The third-order valence-electron chi connectivity index (χ3n) is 8.58. The molecule has 2 aromatic rings. The lowest BCUT2D eigenvalue weighted by Gasteiger charge is -2.52. The number of benzene rings is 2. The number of carbonyl (C=O) groups excluding carboxylic acids is 5. The first-order valence-corrected chi connectivity index (χ1v) is 12.8. The molecule has 11 nitrogen and oxygen atoms in total. The van der Waals surface area contributed by atoms with Crippen LogP contribution in [0.1, 0.15) is 27.9 Å². The maximum absolute atomic E-state index is 13.9. The number of aromatic hydroxyl groups is 1. The van der Waals surface area contributed by atoms with E-state index < -0.39 is 64.4 Å². The quantitative estimate of drug-likeness (QED) is 0.228. The molecule has 5 N–H and O–H groups in total. The molecule has 3 aliphatic rings. The number of hydrogen-bond donors (Lipinski definition) is 4.